The van der Waals surface area contributed by atoms with Crippen LogP contribution in [0.1, 0.15) is 33.6 Å². The van der Waals surface area contributed by atoms with Gasteiger partial charge in [0.25, 0.3) is 0 Å². The van der Waals surface area contributed by atoms with Crippen LogP contribution in [0.5, 0.6) is 0 Å². The minimum absolute atomic E-state index is 0.202. The average Bonchev–Trinajstić information content (AvgIpc) is 2.02. The summed E-state index contributed by atoms with van der Waals surface area (Å²) in [7, 11) is -2.87. The lowest BCUT2D eigenvalue weighted by Gasteiger charge is -2.21. The molecule has 0 fully saturated rings. The zero-order valence-corrected chi connectivity index (χ0v) is 10.0. The molecule has 0 rings (SSSR count). The van der Waals surface area contributed by atoms with Crippen LogP contribution in [0, 0.1) is 0 Å². The van der Waals surface area contributed by atoms with Crippen molar-refractivity contribution in [2.45, 2.75) is 39.2 Å². The third-order valence-electron chi connectivity index (χ3n) is 1.81. The Bertz CT molecular complexity index is 237. The summed E-state index contributed by atoms with van der Waals surface area (Å²) >= 11 is 5.45. The molecule has 0 unspecified atom stereocenters. The van der Waals surface area contributed by atoms with Gasteiger partial charge in [-0.15, -0.1) is 0 Å². The van der Waals surface area contributed by atoms with E-state index in [-0.39, 0.29) is 17.0 Å². The second-order valence-electron chi connectivity index (χ2n) is 3.88. The molecule has 0 atom stereocenters. The summed E-state index contributed by atoms with van der Waals surface area (Å²) in [6, 6.07) is 0. The molecule has 0 amide bonds. The minimum Gasteiger partial charge on any atom is -0.229 e. The number of hydrogen-bond acceptors (Lipinski definition) is 3. The normalized spacial score (nSPS) is 13.2. The molecule has 0 aliphatic rings. The SMILES string of the molecule is CCCS(=O)(=O)CCC(C)(C)NCl. The maximum Gasteiger partial charge on any atom is 0.150 e. The summed E-state index contributed by atoms with van der Waals surface area (Å²) in [4.78, 5) is 2.56. The van der Waals surface area contributed by atoms with E-state index in [4.69, 9.17) is 11.8 Å². The highest BCUT2D eigenvalue weighted by atomic mass is 35.5. The molecule has 0 radical (unpaired) electrons. The summed E-state index contributed by atoms with van der Waals surface area (Å²) in [5.41, 5.74) is -0.317. The zero-order chi connectivity index (χ0) is 10.5. The van der Waals surface area contributed by atoms with E-state index in [2.05, 4.69) is 4.84 Å². The molecule has 0 aliphatic carbocycles. The highest BCUT2D eigenvalue weighted by Gasteiger charge is 2.20. The first-order valence-electron chi connectivity index (χ1n) is 4.41. The van der Waals surface area contributed by atoms with Crippen LogP contribution in [0.25, 0.3) is 0 Å². The lowest BCUT2D eigenvalue weighted by Crippen LogP contribution is -2.35. The van der Waals surface area contributed by atoms with Gasteiger partial charge in [0.15, 0.2) is 0 Å². The molecule has 13 heavy (non-hydrogen) atoms. The Labute approximate surface area is 85.9 Å². The maximum atomic E-state index is 11.3. The molecular formula is C8H18ClNO2S. The first-order chi connectivity index (χ1) is 5.83. The zero-order valence-electron chi connectivity index (χ0n) is 8.43. The number of halogens is 1. The largest absolute Gasteiger partial charge is 0.229 e. The van der Waals surface area contributed by atoms with E-state index < -0.39 is 9.84 Å². The molecule has 0 aromatic heterocycles. The molecular weight excluding hydrogens is 210 g/mol. The summed E-state index contributed by atoms with van der Waals surface area (Å²) in [5.74, 6) is 0.471. The quantitative estimate of drug-likeness (QED) is 0.703. The first-order valence-corrected chi connectivity index (χ1v) is 6.61. The molecule has 5 heteroatoms. The van der Waals surface area contributed by atoms with Crippen molar-refractivity contribution in [2.24, 2.45) is 0 Å². The monoisotopic (exact) mass is 227 g/mol. The van der Waals surface area contributed by atoms with Gasteiger partial charge in [0.2, 0.25) is 0 Å². The van der Waals surface area contributed by atoms with Gasteiger partial charge in [-0.05, 0) is 38.5 Å². The first kappa shape index (κ1) is 13.2. The molecule has 0 spiro atoms. The fraction of sp³-hybridized carbons (Fsp3) is 1.00. The minimum atomic E-state index is -2.87. The van der Waals surface area contributed by atoms with Crippen molar-refractivity contribution in [3.63, 3.8) is 0 Å². The van der Waals surface area contributed by atoms with E-state index in [1.807, 2.05) is 20.8 Å². The van der Waals surface area contributed by atoms with E-state index in [1.165, 1.54) is 0 Å². The van der Waals surface area contributed by atoms with Crippen molar-refractivity contribution in [3.05, 3.63) is 0 Å². The molecule has 0 saturated heterocycles. The Morgan fingerprint density at radius 1 is 1.31 bits per heavy atom. The fourth-order valence-electron chi connectivity index (χ4n) is 0.871. The van der Waals surface area contributed by atoms with Crippen molar-refractivity contribution in [1.29, 1.82) is 0 Å². The number of nitrogens with one attached hydrogen (secondary N) is 1. The number of sulfone groups is 1. The van der Waals surface area contributed by atoms with Gasteiger partial charge in [0.05, 0.1) is 5.75 Å². The maximum absolute atomic E-state index is 11.3. The van der Waals surface area contributed by atoms with Crippen LogP contribution in [-0.2, 0) is 9.84 Å². The van der Waals surface area contributed by atoms with Gasteiger partial charge in [-0.3, -0.25) is 0 Å². The van der Waals surface area contributed by atoms with Crippen LogP contribution in [0.15, 0.2) is 0 Å². The predicted octanol–water partition coefficient (Wildman–Crippen LogP) is 1.72. The van der Waals surface area contributed by atoms with Crippen LogP contribution < -0.4 is 4.84 Å². The molecule has 1 N–H and O–H groups in total. The summed E-state index contributed by atoms with van der Waals surface area (Å²) in [6.45, 7) is 5.62. The smallest absolute Gasteiger partial charge is 0.150 e. The standard InChI is InChI=1S/C8H18ClNO2S/c1-4-6-13(11,12)7-5-8(2,3)10-9/h10H,4-7H2,1-3H3. The molecule has 0 heterocycles. The van der Waals surface area contributed by atoms with Crippen molar-refractivity contribution < 1.29 is 8.42 Å². The Morgan fingerprint density at radius 2 is 1.85 bits per heavy atom. The molecule has 0 bridgehead atoms. The van der Waals surface area contributed by atoms with Gasteiger partial charge in [-0.2, -0.15) is 0 Å². The van der Waals surface area contributed by atoms with E-state index in [1.54, 1.807) is 0 Å². The van der Waals surface area contributed by atoms with Crippen molar-refractivity contribution in [1.82, 2.24) is 4.84 Å². The summed E-state index contributed by atoms with van der Waals surface area (Å²) in [5, 5.41) is 0. The summed E-state index contributed by atoms with van der Waals surface area (Å²) in [6.07, 6.45) is 1.22. The van der Waals surface area contributed by atoms with Crippen molar-refractivity contribution in [3.8, 4) is 0 Å². The van der Waals surface area contributed by atoms with Gasteiger partial charge in [0.1, 0.15) is 9.84 Å². The Balaban J connectivity index is 4.02. The average molecular weight is 228 g/mol. The van der Waals surface area contributed by atoms with Crippen LogP contribution in [0.2, 0.25) is 0 Å². The van der Waals surface area contributed by atoms with Crippen molar-refractivity contribution in [2.75, 3.05) is 11.5 Å². The lowest BCUT2D eigenvalue weighted by molar-refractivity contribution is 0.456. The number of rotatable bonds is 6. The number of hydrogen-bond donors (Lipinski definition) is 1. The van der Waals surface area contributed by atoms with Gasteiger partial charge in [-0.1, -0.05) is 6.92 Å². The Kier molecular flexibility index (Phi) is 5.25. The van der Waals surface area contributed by atoms with Crippen LogP contribution in [0.4, 0.5) is 0 Å². The lowest BCUT2D eigenvalue weighted by atomic mass is 10.0. The van der Waals surface area contributed by atoms with Crippen molar-refractivity contribution >= 4 is 21.6 Å². The molecule has 3 nitrogen and oxygen atoms in total. The highest BCUT2D eigenvalue weighted by Crippen LogP contribution is 2.11. The van der Waals surface area contributed by atoms with E-state index in [0.29, 0.717) is 12.8 Å². The second kappa shape index (κ2) is 5.17. The van der Waals surface area contributed by atoms with Crippen LogP contribution in [-0.4, -0.2) is 25.5 Å². The van der Waals surface area contributed by atoms with Gasteiger partial charge < -0.3 is 0 Å². The van der Waals surface area contributed by atoms with E-state index >= 15 is 0 Å². The van der Waals surface area contributed by atoms with Gasteiger partial charge >= 0.3 is 0 Å². The molecule has 0 aromatic rings. The molecule has 80 valence electrons. The second-order valence-corrected chi connectivity index (χ2v) is 6.37. The third kappa shape index (κ3) is 6.29. The molecule has 0 aliphatic heterocycles. The van der Waals surface area contributed by atoms with Gasteiger partial charge in [0, 0.05) is 11.3 Å². The fourth-order valence-corrected chi connectivity index (χ4v) is 2.61. The topological polar surface area (TPSA) is 46.2 Å². The van der Waals surface area contributed by atoms with Gasteiger partial charge in [-0.25, -0.2) is 13.3 Å². The highest BCUT2D eigenvalue weighted by molar-refractivity contribution is 7.91. The molecule has 0 aromatic carbocycles. The van der Waals surface area contributed by atoms with Crippen LogP contribution >= 0.6 is 11.8 Å². The van der Waals surface area contributed by atoms with Crippen LogP contribution in [0.3, 0.4) is 0 Å². The predicted molar refractivity (Wildman–Crippen MR) is 56.6 cm³/mol. The molecule has 0 saturated carbocycles. The Morgan fingerprint density at radius 3 is 2.23 bits per heavy atom. The Hall–Kier alpha value is 0.200. The third-order valence-corrected chi connectivity index (χ3v) is 4.18. The van der Waals surface area contributed by atoms with E-state index in [9.17, 15) is 8.42 Å². The summed E-state index contributed by atoms with van der Waals surface area (Å²) < 4.78 is 22.6. The van der Waals surface area contributed by atoms with E-state index in [0.717, 1.165) is 0 Å².